The van der Waals surface area contributed by atoms with Gasteiger partial charge in [0.1, 0.15) is 13.1 Å². The molecule has 2 nitrogen and oxygen atoms in total. The van der Waals surface area contributed by atoms with E-state index in [0.717, 1.165) is 6.54 Å². The molecule has 0 saturated carbocycles. The molecule has 0 saturated heterocycles. The molecule has 0 amide bonds. The zero-order valence-corrected chi connectivity index (χ0v) is 8.52. The summed E-state index contributed by atoms with van der Waals surface area (Å²) in [7, 11) is 1.81. The summed E-state index contributed by atoms with van der Waals surface area (Å²) in [6.07, 6.45) is 2.05. The largest absolute Gasteiger partial charge is 1.00 e. The Morgan fingerprint density at radius 3 is 2.18 bits per heavy atom. The first-order valence-corrected chi connectivity index (χ1v) is 3.68. The molecule has 0 bridgehead atoms. The Labute approximate surface area is 75.5 Å². The summed E-state index contributed by atoms with van der Waals surface area (Å²) in [5.41, 5.74) is 1.26. The fraction of sp³-hybridized carbons (Fsp3) is 0.750. The molecule has 3 heteroatoms. The number of rotatable bonds is 3. The SMILES string of the molecule is CC[N+](C)(O)CC=C(C)C.[Cl-]. The van der Waals surface area contributed by atoms with Gasteiger partial charge in [-0.25, -0.2) is 5.21 Å². The van der Waals surface area contributed by atoms with Crippen molar-refractivity contribution in [3.05, 3.63) is 11.6 Å². The van der Waals surface area contributed by atoms with Crippen LogP contribution in [0, 0.1) is 0 Å². The number of hydroxylamine groups is 3. The predicted molar refractivity (Wildman–Crippen MR) is 42.8 cm³/mol. The van der Waals surface area contributed by atoms with Crippen molar-refractivity contribution in [2.24, 2.45) is 0 Å². The van der Waals surface area contributed by atoms with Crippen molar-refractivity contribution >= 4 is 0 Å². The lowest BCUT2D eigenvalue weighted by atomic mass is 10.3. The van der Waals surface area contributed by atoms with Crippen molar-refractivity contribution in [2.75, 3.05) is 20.1 Å². The van der Waals surface area contributed by atoms with Gasteiger partial charge in [-0.1, -0.05) is 5.57 Å². The van der Waals surface area contributed by atoms with E-state index in [1.54, 1.807) is 7.05 Å². The molecule has 0 aliphatic heterocycles. The van der Waals surface area contributed by atoms with E-state index >= 15 is 0 Å². The van der Waals surface area contributed by atoms with Crippen LogP contribution in [0.1, 0.15) is 20.8 Å². The van der Waals surface area contributed by atoms with E-state index in [2.05, 4.69) is 0 Å². The minimum atomic E-state index is 0. The highest BCUT2D eigenvalue weighted by atomic mass is 35.5. The van der Waals surface area contributed by atoms with Gasteiger partial charge in [0.05, 0.1) is 7.05 Å². The second-order valence-electron chi connectivity index (χ2n) is 3.12. The third kappa shape index (κ3) is 7.85. The average Bonchev–Trinajstić information content (AvgIpc) is 1.85. The zero-order valence-electron chi connectivity index (χ0n) is 7.76. The lowest BCUT2D eigenvalue weighted by Crippen LogP contribution is -3.00. The molecule has 0 aromatic carbocycles. The van der Waals surface area contributed by atoms with E-state index in [9.17, 15) is 5.21 Å². The number of halogens is 1. The molecule has 1 unspecified atom stereocenters. The molecule has 0 heterocycles. The highest BCUT2D eigenvalue weighted by Crippen LogP contribution is 1.97. The van der Waals surface area contributed by atoms with Crippen LogP contribution in [0.4, 0.5) is 0 Å². The highest BCUT2D eigenvalue weighted by Gasteiger charge is 2.11. The molecule has 1 atom stereocenters. The molecule has 0 spiro atoms. The van der Waals surface area contributed by atoms with E-state index in [-0.39, 0.29) is 17.1 Å². The number of hydrogen-bond acceptors (Lipinski definition) is 1. The number of allylic oxidation sites excluding steroid dienone is 1. The topological polar surface area (TPSA) is 20.2 Å². The molecule has 0 fully saturated rings. The second-order valence-corrected chi connectivity index (χ2v) is 3.12. The highest BCUT2D eigenvalue weighted by molar-refractivity contribution is 4.92. The van der Waals surface area contributed by atoms with Gasteiger partial charge in [0, 0.05) is 0 Å². The standard InChI is InChI=1S/C8H18NO.ClH/c1-5-9(4,10)7-6-8(2)3;/h6,10H,5,7H2,1-4H3;1H/q+1;/p-1. The van der Waals surface area contributed by atoms with Crippen molar-refractivity contribution < 1.29 is 22.3 Å². The molecule has 0 aromatic heterocycles. The summed E-state index contributed by atoms with van der Waals surface area (Å²) in [6.45, 7) is 7.51. The summed E-state index contributed by atoms with van der Waals surface area (Å²) in [6, 6.07) is 0. The molecule has 0 aromatic rings. The maximum Gasteiger partial charge on any atom is 0.127 e. The Hall–Kier alpha value is -0.0500. The number of hydrogen-bond donors (Lipinski definition) is 1. The van der Waals surface area contributed by atoms with Crippen molar-refractivity contribution in [3.8, 4) is 0 Å². The number of likely N-dealkylation sites (N-methyl/N-ethyl adjacent to an activating group) is 1. The molecule has 0 aliphatic rings. The van der Waals surface area contributed by atoms with Gasteiger partial charge in [0.25, 0.3) is 0 Å². The quantitative estimate of drug-likeness (QED) is 0.328. The Bertz CT molecular complexity index is 128. The zero-order chi connectivity index (χ0) is 8.20. The molecular formula is C8H18ClNO. The lowest BCUT2D eigenvalue weighted by Gasteiger charge is -2.21. The number of nitrogens with zero attached hydrogens (tertiary/aromatic N) is 1. The van der Waals surface area contributed by atoms with Crippen LogP contribution in [0.15, 0.2) is 11.6 Å². The van der Waals surface area contributed by atoms with Gasteiger partial charge < -0.3 is 12.4 Å². The van der Waals surface area contributed by atoms with Crippen molar-refractivity contribution in [3.63, 3.8) is 0 Å². The van der Waals surface area contributed by atoms with Crippen molar-refractivity contribution in [1.29, 1.82) is 0 Å². The summed E-state index contributed by atoms with van der Waals surface area (Å²) in [5.74, 6) is 0. The average molecular weight is 180 g/mol. The molecule has 11 heavy (non-hydrogen) atoms. The van der Waals surface area contributed by atoms with E-state index < -0.39 is 0 Å². The van der Waals surface area contributed by atoms with Crippen LogP contribution < -0.4 is 12.4 Å². The van der Waals surface area contributed by atoms with Gasteiger partial charge >= 0.3 is 0 Å². The van der Waals surface area contributed by atoms with Gasteiger partial charge in [0.15, 0.2) is 0 Å². The lowest BCUT2D eigenvalue weighted by molar-refractivity contribution is -1.08. The van der Waals surface area contributed by atoms with Crippen LogP contribution in [-0.2, 0) is 0 Å². The van der Waals surface area contributed by atoms with Gasteiger partial charge in [-0.05, 0) is 26.8 Å². The van der Waals surface area contributed by atoms with Crippen LogP contribution in [0.3, 0.4) is 0 Å². The summed E-state index contributed by atoms with van der Waals surface area (Å²) < 4.78 is 0.0885. The third-order valence-corrected chi connectivity index (χ3v) is 1.57. The second kappa shape index (κ2) is 5.58. The third-order valence-electron chi connectivity index (χ3n) is 1.57. The predicted octanol–water partition coefficient (Wildman–Crippen LogP) is -1.19. The fourth-order valence-corrected chi connectivity index (χ4v) is 0.508. The molecule has 68 valence electrons. The smallest absolute Gasteiger partial charge is 0.127 e. The van der Waals surface area contributed by atoms with Gasteiger partial charge in [-0.15, -0.1) is 0 Å². The van der Waals surface area contributed by atoms with Crippen LogP contribution in [0.25, 0.3) is 0 Å². The van der Waals surface area contributed by atoms with E-state index in [0.29, 0.717) is 6.54 Å². The minimum absolute atomic E-state index is 0. The van der Waals surface area contributed by atoms with Crippen LogP contribution in [0.2, 0.25) is 0 Å². The van der Waals surface area contributed by atoms with E-state index in [1.807, 2.05) is 26.8 Å². The summed E-state index contributed by atoms with van der Waals surface area (Å²) in [5, 5.41) is 9.46. The first kappa shape index (κ1) is 13.5. The Balaban J connectivity index is 0. The first-order valence-electron chi connectivity index (χ1n) is 3.68. The van der Waals surface area contributed by atoms with Gasteiger partial charge in [-0.3, -0.25) is 0 Å². The minimum Gasteiger partial charge on any atom is -1.00 e. The molecule has 1 N–H and O–H groups in total. The Morgan fingerprint density at radius 2 is 1.91 bits per heavy atom. The van der Waals surface area contributed by atoms with E-state index in [4.69, 9.17) is 0 Å². The normalized spacial score (nSPS) is 14.6. The fourth-order valence-electron chi connectivity index (χ4n) is 0.508. The molecular weight excluding hydrogens is 162 g/mol. The maximum absolute atomic E-state index is 9.46. The molecule has 0 radical (unpaired) electrons. The van der Waals surface area contributed by atoms with E-state index in [1.165, 1.54) is 5.57 Å². The summed E-state index contributed by atoms with van der Waals surface area (Å²) >= 11 is 0. The Kier molecular flexibility index (Phi) is 6.87. The number of quaternary nitrogens is 1. The van der Waals surface area contributed by atoms with Crippen molar-refractivity contribution in [1.82, 2.24) is 0 Å². The first-order chi connectivity index (χ1) is 4.48. The monoisotopic (exact) mass is 179 g/mol. The van der Waals surface area contributed by atoms with Crippen LogP contribution in [0.5, 0.6) is 0 Å². The van der Waals surface area contributed by atoms with Crippen molar-refractivity contribution in [2.45, 2.75) is 20.8 Å². The summed E-state index contributed by atoms with van der Waals surface area (Å²) in [4.78, 5) is 0. The Morgan fingerprint density at radius 1 is 1.45 bits per heavy atom. The maximum atomic E-state index is 9.46. The van der Waals surface area contributed by atoms with Gasteiger partial charge in [-0.2, -0.15) is 4.65 Å². The van der Waals surface area contributed by atoms with Gasteiger partial charge in [0.2, 0.25) is 0 Å². The molecule has 0 rings (SSSR count). The van der Waals surface area contributed by atoms with Crippen LogP contribution in [-0.4, -0.2) is 30.0 Å². The molecule has 0 aliphatic carbocycles. The van der Waals surface area contributed by atoms with Crippen LogP contribution >= 0.6 is 0 Å².